The average Bonchev–Trinajstić information content (AvgIpc) is 2.90. The first-order valence-corrected chi connectivity index (χ1v) is 6.38. The number of aromatic nitrogens is 3. The summed E-state index contributed by atoms with van der Waals surface area (Å²) in [6.07, 6.45) is 0. The van der Waals surface area contributed by atoms with Gasteiger partial charge in [-0.3, -0.25) is 4.98 Å². The maximum atomic E-state index is 13.2. The van der Waals surface area contributed by atoms with Crippen LogP contribution in [0.15, 0.2) is 34.9 Å². The Hall–Kier alpha value is -2.76. The third-order valence-corrected chi connectivity index (χ3v) is 3.01. The number of hydrogen-bond donors (Lipinski definition) is 1. The summed E-state index contributed by atoms with van der Waals surface area (Å²) < 4.78 is 18.4. The molecule has 0 aliphatic carbocycles. The smallest absolute Gasteiger partial charge is 0.258 e. The van der Waals surface area contributed by atoms with E-state index < -0.39 is 5.82 Å². The Labute approximate surface area is 120 Å². The summed E-state index contributed by atoms with van der Waals surface area (Å²) in [5, 5.41) is 3.95. The van der Waals surface area contributed by atoms with E-state index in [9.17, 15) is 4.39 Å². The molecule has 106 valence electrons. The normalized spacial score (nSPS) is 10.8. The van der Waals surface area contributed by atoms with Crippen molar-refractivity contribution in [3.63, 3.8) is 0 Å². The van der Waals surface area contributed by atoms with Crippen molar-refractivity contribution in [1.82, 2.24) is 15.1 Å². The van der Waals surface area contributed by atoms with Gasteiger partial charge >= 0.3 is 0 Å². The van der Waals surface area contributed by atoms with Crippen molar-refractivity contribution in [3.05, 3.63) is 47.5 Å². The van der Waals surface area contributed by atoms with Gasteiger partial charge in [-0.1, -0.05) is 5.16 Å². The molecule has 3 aromatic rings. The Morgan fingerprint density at radius 2 is 1.71 bits per heavy atom. The quantitative estimate of drug-likeness (QED) is 0.731. The summed E-state index contributed by atoms with van der Waals surface area (Å²) in [5.74, 6) is 0.282. The molecular weight excluding hydrogens is 271 g/mol. The van der Waals surface area contributed by atoms with Crippen LogP contribution < -0.4 is 5.73 Å². The average molecular weight is 284 g/mol. The number of nitrogen functional groups attached to an aromatic ring is 1. The fraction of sp³-hybridized carbons (Fsp3) is 0.133. The van der Waals surface area contributed by atoms with Crippen molar-refractivity contribution in [2.75, 3.05) is 5.73 Å². The number of nitrogens with zero attached hydrogens (tertiary/aromatic N) is 3. The third kappa shape index (κ3) is 2.60. The molecule has 3 rings (SSSR count). The monoisotopic (exact) mass is 284 g/mol. The van der Waals surface area contributed by atoms with Gasteiger partial charge in [-0.05, 0) is 44.2 Å². The number of benzene rings is 1. The van der Waals surface area contributed by atoms with E-state index in [1.54, 1.807) is 6.07 Å². The van der Waals surface area contributed by atoms with E-state index in [0.717, 1.165) is 17.0 Å². The summed E-state index contributed by atoms with van der Waals surface area (Å²) in [6, 6.07) is 8.04. The lowest BCUT2D eigenvalue weighted by atomic mass is 10.2. The van der Waals surface area contributed by atoms with Crippen LogP contribution in [-0.4, -0.2) is 15.1 Å². The Morgan fingerprint density at radius 1 is 1.00 bits per heavy atom. The van der Waals surface area contributed by atoms with Gasteiger partial charge in [0.15, 0.2) is 0 Å². The number of rotatable bonds is 2. The van der Waals surface area contributed by atoms with Gasteiger partial charge in [0.05, 0.1) is 5.69 Å². The highest BCUT2D eigenvalue weighted by Crippen LogP contribution is 2.25. The molecule has 0 fully saturated rings. The molecular formula is C15H13FN4O. The van der Waals surface area contributed by atoms with Crippen molar-refractivity contribution in [1.29, 1.82) is 0 Å². The number of aryl methyl sites for hydroxylation is 2. The summed E-state index contributed by atoms with van der Waals surface area (Å²) in [5.41, 5.74) is 8.74. The molecule has 0 saturated carbocycles. The van der Waals surface area contributed by atoms with Crippen LogP contribution in [0.4, 0.5) is 10.1 Å². The molecule has 0 saturated heterocycles. The van der Waals surface area contributed by atoms with Crippen molar-refractivity contribution in [3.8, 4) is 22.8 Å². The highest BCUT2D eigenvalue weighted by atomic mass is 19.1. The molecule has 1 aromatic carbocycles. The van der Waals surface area contributed by atoms with Gasteiger partial charge in [0.2, 0.25) is 5.82 Å². The fourth-order valence-corrected chi connectivity index (χ4v) is 2.10. The maximum absolute atomic E-state index is 13.2. The molecule has 0 spiro atoms. The van der Waals surface area contributed by atoms with Gasteiger partial charge in [0, 0.05) is 22.5 Å². The van der Waals surface area contributed by atoms with E-state index in [4.69, 9.17) is 10.3 Å². The van der Waals surface area contributed by atoms with E-state index in [1.807, 2.05) is 26.0 Å². The first-order valence-electron chi connectivity index (χ1n) is 6.38. The molecule has 5 nitrogen and oxygen atoms in total. The Bertz CT molecular complexity index is 793. The van der Waals surface area contributed by atoms with Crippen molar-refractivity contribution in [2.45, 2.75) is 13.8 Å². The molecule has 0 bridgehead atoms. The van der Waals surface area contributed by atoms with Crippen LogP contribution in [0.1, 0.15) is 11.4 Å². The van der Waals surface area contributed by atoms with Crippen molar-refractivity contribution >= 4 is 5.69 Å². The maximum Gasteiger partial charge on any atom is 0.258 e. The zero-order valence-corrected chi connectivity index (χ0v) is 11.6. The number of anilines is 1. The second-order valence-corrected chi connectivity index (χ2v) is 4.80. The summed E-state index contributed by atoms with van der Waals surface area (Å²) in [7, 11) is 0. The zero-order chi connectivity index (χ0) is 15.0. The van der Waals surface area contributed by atoms with Gasteiger partial charge in [-0.15, -0.1) is 0 Å². The highest BCUT2D eigenvalue weighted by molar-refractivity contribution is 5.63. The van der Waals surface area contributed by atoms with Crippen LogP contribution in [-0.2, 0) is 0 Å². The van der Waals surface area contributed by atoms with Crippen molar-refractivity contribution < 1.29 is 8.91 Å². The molecule has 2 N–H and O–H groups in total. The Balaban J connectivity index is 2.01. The minimum Gasteiger partial charge on any atom is -0.396 e. The molecule has 0 atom stereocenters. The van der Waals surface area contributed by atoms with Crippen LogP contribution in [0, 0.1) is 19.7 Å². The van der Waals surface area contributed by atoms with Gasteiger partial charge < -0.3 is 10.3 Å². The zero-order valence-electron chi connectivity index (χ0n) is 11.6. The summed E-state index contributed by atoms with van der Waals surface area (Å²) in [6.45, 7) is 3.80. The molecule has 0 amide bonds. The van der Waals surface area contributed by atoms with E-state index in [-0.39, 0.29) is 5.69 Å². The van der Waals surface area contributed by atoms with Crippen molar-refractivity contribution in [2.24, 2.45) is 0 Å². The first kappa shape index (κ1) is 13.2. The predicted octanol–water partition coefficient (Wildman–Crippen LogP) is 3.14. The second-order valence-electron chi connectivity index (χ2n) is 4.80. The second kappa shape index (κ2) is 4.97. The minimum absolute atomic E-state index is 0.0443. The molecule has 21 heavy (non-hydrogen) atoms. The van der Waals surface area contributed by atoms with Gasteiger partial charge in [0.1, 0.15) is 5.82 Å². The predicted molar refractivity (Wildman–Crippen MR) is 76.8 cm³/mol. The van der Waals surface area contributed by atoms with Gasteiger partial charge in [-0.25, -0.2) is 4.39 Å². The molecule has 2 aromatic heterocycles. The summed E-state index contributed by atoms with van der Waals surface area (Å²) in [4.78, 5) is 8.62. The fourth-order valence-electron chi connectivity index (χ4n) is 2.10. The largest absolute Gasteiger partial charge is 0.396 e. The molecule has 0 aliphatic heterocycles. The van der Waals surface area contributed by atoms with Crippen LogP contribution >= 0.6 is 0 Å². The van der Waals surface area contributed by atoms with E-state index >= 15 is 0 Å². The third-order valence-electron chi connectivity index (χ3n) is 3.01. The highest BCUT2D eigenvalue weighted by Gasteiger charge is 2.12. The first-order chi connectivity index (χ1) is 10.0. The number of pyridine rings is 1. The van der Waals surface area contributed by atoms with Crippen LogP contribution in [0.25, 0.3) is 22.8 Å². The van der Waals surface area contributed by atoms with E-state index in [0.29, 0.717) is 17.3 Å². The van der Waals surface area contributed by atoms with E-state index in [2.05, 4.69) is 15.1 Å². The Kier molecular flexibility index (Phi) is 3.13. The molecule has 0 aliphatic rings. The van der Waals surface area contributed by atoms with E-state index in [1.165, 1.54) is 12.1 Å². The lowest BCUT2D eigenvalue weighted by Gasteiger charge is -1.99. The van der Waals surface area contributed by atoms with Gasteiger partial charge in [-0.2, -0.15) is 4.98 Å². The van der Waals surface area contributed by atoms with Crippen LogP contribution in [0.2, 0.25) is 0 Å². The van der Waals surface area contributed by atoms with Crippen LogP contribution in [0.3, 0.4) is 0 Å². The molecule has 0 radical (unpaired) electrons. The molecule has 2 heterocycles. The lowest BCUT2D eigenvalue weighted by Crippen LogP contribution is -1.91. The number of halogens is 1. The molecule has 0 unspecified atom stereocenters. The van der Waals surface area contributed by atoms with Crippen LogP contribution in [0.5, 0.6) is 0 Å². The topological polar surface area (TPSA) is 77.8 Å². The summed E-state index contributed by atoms with van der Waals surface area (Å²) >= 11 is 0. The Morgan fingerprint density at radius 3 is 2.38 bits per heavy atom. The standard InChI is InChI=1S/C15H13FN4O/c1-8-5-11(6-9(2)18-8)14-19-15(21-20-14)10-3-4-12(16)13(17)7-10/h3-7H,17H2,1-2H3. The number of nitrogens with two attached hydrogens (primary N) is 1. The molecule has 6 heteroatoms. The number of hydrogen-bond acceptors (Lipinski definition) is 5. The van der Waals surface area contributed by atoms with Gasteiger partial charge in [0.25, 0.3) is 5.89 Å². The SMILES string of the molecule is Cc1cc(-c2noc(-c3ccc(F)c(N)c3)n2)cc(C)n1. The minimum atomic E-state index is -0.473. The lowest BCUT2D eigenvalue weighted by molar-refractivity contribution is 0.432.